The average molecular weight is 440 g/mol. The van der Waals surface area contributed by atoms with Gasteiger partial charge in [-0.1, -0.05) is 15.9 Å². The minimum atomic E-state index is -3.58. The van der Waals surface area contributed by atoms with E-state index in [0.29, 0.717) is 34.9 Å². The smallest absolute Gasteiger partial charge is 0.241 e. The van der Waals surface area contributed by atoms with Gasteiger partial charge in [-0.25, -0.2) is 13.1 Å². The molecule has 1 fully saturated rings. The second-order valence-corrected chi connectivity index (χ2v) is 8.43. The fourth-order valence-corrected chi connectivity index (χ4v) is 5.09. The summed E-state index contributed by atoms with van der Waals surface area (Å²) < 4.78 is 28.8. The highest BCUT2D eigenvalue weighted by molar-refractivity contribution is 9.11. The van der Waals surface area contributed by atoms with Crippen LogP contribution in [0.4, 0.5) is 0 Å². The number of benzene rings is 1. The summed E-state index contributed by atoms with van der Waals surface area (Å²) >= 11 is 6.55. The summed E-state index contributed by atoms with van der Waals surface area (Å²) in [4.78, 5) is 13.2. The van der Waals surface area contributed by atoms with E-state index in [1.54, 1.807) is 23.1 Å². The number of piperidine rings is 1. The average Bonchev–Trinajstić information content (AvgIpc) is 2.41. The number of sulfonamides is 1. The molecule has 2 rings (SSSR count). The van der Waals surface area contributed by atoms with Crippen LogP contribution in [0.15, 0.2) is 32.0 Å². The Hall–Kier alpha value is -0.440. The summed E-state index contributed by atoms with van der Waals surface area (Å²) in [6, 6.07) is 4.89. The molecule has 1 heterocycles. The largest absolute Gasteiger partial charge is 0.343 e. The molecular weight excluding hydrogens is 424 g/mol. The SMILES string of the molecule is CC(=O)N1CCC(NS(=O)(=O)c2cc(Br)ccc2Br)CC1. The molecule has 1 aromatic carbocycles. The maximum absolute atomic E-state index is 12.4. The predicted molar refractivity (Wildman–Crippen MR) is 87.4 cm³/mol. The van der Waals surface area contributed by atoms with Gasteiger partial charge in [0.25, 0.3) is 0 Å². The molecule has 21 heavy (non-hydrogen) atoms. The second kappa shape index (κ2) is 6.76. The number of nitrogens with one attached hydrogen (secondary N) is 1. The molecule has 0 bridgehead atoms. The van der Waals surface area contributed by atoms with E-state index >= 15 is 0 Å². The molecule has 1 aliphatic rings. The van der Waals surface area contributed by atoms with Crippen molar-refractivity contribution < 1.29 is 13.2 Å². The highest BCUT2D eigenvalue weighted by Crippen LogP contribution is 2.26. The van der Waals surface area contributed by atoms with Crippen LogP contribution in [0.1, 0.15) is 19.8 Å². The number of carbonyl (C=O) groups is 1. The highest BCUT2D eigenvalue weighted by atomic mass is 79.9. The van der Waals surface area contributed by atoms with Crippen molar-refractivity contribution in [3.05, 3.63) is 27.1 Å². The molecule has 0 radical (unpaired) electrons. The lowest BCUT2D eigenvalue weighted by molar-refractivity contribution is -0.129. The summed E-state index contributed by atoms with van der Waals surface area (Å²) in [5, 5.41) is 0. The van der Waals surface area contributed by atoms with Crippen LogP contribution in [-0.4, -0.2) is 38.4 Å². The quantitative estimate of drug-likeness (QED) is 0.786. The number of nitrogens with zero attached hydrogens (tertiary/aromatic N) is 1. The Kier molecular flexibility index (Phi) is 5.45. The lowest BCUT2D eigenvalue weighted by Crippen LogP contribution is -2.45. The van der Waals surface area contributed by atoms with Gasteiger partial charge in [0.05, 0.1) is 4.90 Å². The molecule has 0 spiro atoms. The molecule has 1 aromatic rings. The van der Waals surface area contributed by atoms with Crippen molar-refractivity contribution in [2.75, 3.05) is 13.1 Å². The van der Waals surface area contributed by atoms with Gasteiger partial charge in [0, 0.05) is 35.0 Å². The maximum Gasteiger partial charge on any atom is 0.241 e. The fourth-order valence-electron chi connectivity index (χ4n) is 2.28. The molecule has 1 saturated heterocycles. The van der Waals surface area contributed by atoms with Crippen LogP contribution < -0.4 is 4.72 Å². The van der Waals surface area contributed by atoms with E-state index < -0.39 is 10.0 Å². The third-order valence-electron chi connectivity index (χ3n) is 3.44. The Morgan fingerprint density at radius 1 is 1.29 bits per heavy atom. The van der Waals surface area contributed by atoms with Gasteiger partial charge in [0.1, 0.15) is 0 Å². The molecule has 116 valence electrons. The van der Waals surface area contributed by atoms with E-state index in [4.69, 9.17) is 0 Å². The van der Waals surface area contributed by atoms with Gasteiger partial charge in [-0.15, -0.1) is 0 Å². The zero-order valence-corrected chi connectivity index (χ0v) is 15.5. The Labute approximate surface area is 141 Å². The molecule has 0 aromatic heterocycles. The van der Waals surface area contributed by atoms with Crippen LogP contribution in [0, 0.1) is 0 Å². The third-order valence-corrected chi connectivity index (χ3v) is 6.45. The van der Waals surface area contributed by atoms with Gasteiger partial charge >= 0.3 is 0 Å². The first-order valence-electron chi connectivity index (χ1n) is 6.52. The Bertz CT molecular complexity index is 641. The normalized spacial score (nSPS) is 17.0. The van der Waals surface area contributed by atoms with E-state index in [2.05, 4.69) is 36.6 Å². The van der Waals surface area contributed by atoms with Gasteiger partial charge in [0.2, 0.25) is 15.9 Å². The molecule has 5 nitrogen and oxygen atoms in total. The Balaban J connectivity index is 2.09. The van der Waals surface area contributed by atoms with Crippen molar-refractivity contribution in [1.82, 2.24) is 9.62 Å². The molecule has 1 aliphatic heterocycles. The van der Waals surface area contributed by atoms with Crippen molar-refractivity contribution in [2.45, 2.75) is 30.7 Å². The standard InChI is InChI=1S/C13H16Br2N2O3S/c1-9(18)17-6-4-11(5-7-17)16-21(19,20)13-8-10(14)2-3-12(13)15/h2-3,8,11,16H,4-7H2,1H3. The van der Waals surface area contributed by atoms with Gasteiger partial charge < -0.3 is 4.90 Å². The molecule has 1 amide bonds. The minimum absolute atomic E-state index is 0.0334. The fraction of sp³-hybridized carbons (Fsp3) is 0.462. The topological polar surface area (TPSA) is 66.5 Å². The predicted octanol–water partition coefficient (Wildman–Crippen LogP) is 2.50. The van der Waals surface area contributed by atoms with E-state index in [1.165, 1.54) is 6.92 Å². The summed E-state index contributed by atoms with van der Waals surface area (Å²) in [6.45, 7) is 2.70. The third kappa shape index (κ3) is 4.28. The van der Waals surface area contributed by atoms with E-state index in [9.17, 15) is 13.2 Å². The van der Waals surface area contributed by atoms with Gasteiger partial charge in [-0.3, -0.25) is 4.79 Å². The van der Waals surface area contributed by atoms with E-state index in [-0.39, 0.29) is 16.8 Å². The monoisotopic (exact) mass is 438 g/mol. The van der Waals surface area contributed by atoms with Crippen LogP contribution in [0.3, 0.4) is 0 Å². The molecule has 0 saturated carbocycles. The van der Waals surface area contributed by atoms with Crippen LogP contribution in [-0.2, 0) is 14.8 Å². The number of likely N-dealkylation sites (tertiary alicyclic amines) is 1. The van der Waals surface area contributed by atoms with Crippen molar-refractivity contribution in [3.8, 4) is 0 Å². The number of halogens is 2. The molecule has 0 unspecified atom stereocenters. The Morgan fingerprint density at radius 2 is 1.90 bits per heavy atom. The van der Waals surface area contributed by atoms with Crippen LogP contribution in [0.25, 0.3) is 0 Å². The summed E-state index contributed by atoms with van der Waals surface area (Å²) in [6.07, 6.45) is 1.26. The number of carbonyl (C=O) groups excluding carboxylic acids is 1. The van der Waals surface area contributed by atoms with Crippen LogP contribution >= 0.6 is 31.9 Å². The molecule has 1 N–H and O–H groups in total. The summed E-state index contributed by atoms with van der Waals surface area (Å²) in [5.41, 5.74) is 0. The number of amides is 1. The zero-order chi connectivity index (χ0) is 15.6. The van der Waals surface area contributed by atoms with Crippen molar-refractivity contribution >= 4 is 47.8 Å². The maximum atomic E-state index is 12.4. The molecular formula is C13H16Br2N2O3S. The lowest BCUT2D eigenvalue weighted by Gasteiger charge is -2.31. The zero-order valence-electron chi connectivity index (χ0n) is 11.5. The van der Waals surface area contributed by atoms with Crippen LogP contribution in [0.2, 0.25) is 0 Å². The lowest BCUT2D eigenvalue weighted by atomic mass is 10.1. The molecule has 0 atom stereocenters. The summed E-state index contributed by atoms with van der Waals surface area (Å²) in [7, 11) is -3.58. The first kappa shape index (κ1) is 16.9. The first-order chi connectivity index (χ1) is 9.79. The number of hydrogen-bond donors (Lipinski definition) is 1. The molecule has 8 heteroatoms. The van der Waals surface area contributed by atoms with Gasteiger partial charge in [-0.2, -0.15) is 0 Å². The first-order valence-corrected chi connectivity index (χ1v) is 9.59. The second-order valence-electron chi connectivity index (χ2n) is 4.98. The Morgan fingerprint density at radius 3 is 2.48 bits per heavy atom. The highest BCUT2D eigenvalue weighted by Gasteiger charge is 2.26. The van der Waals surface area contributed by atoms with Crippen molar-refractivity contribution in [1.29, 1.82) is 0 Å². The summed E-state index contributed by atoms with van der Waals surface area (Å²) in [5.74, 6) is 0.0334. The van der Waals surface area contributed by atoms with Crippen molar-refractivity contribution in [2.24, 2.45) is 0 Å². The molecule has 0 aliphatic carbocycles. The van der Waals surface area contributed by atoms with E-state index in [1.807, 2.05) is 0 Å². The van der Waals surface area contributed by atoms with E-state index in [0.717, 1.165) is 0 Å². The minimum Gasteiger partial charge on any atom is -0.343 e. The van der Waals surface area contributed by atoms with Crippen LogP contribution in [0.5, 0.6) is 0 Å². The number of hydrogen-bond acceptors (Lipinski definition) is 3. The van der Waals surface area contributed by atoms with Gasteiger partial charge in [-0.05, 0) is 47.0 Å². The number of rotatable bonds is 3. The van der Waals surface area contributed by atoms with Gasteiger partial charge in [0.15, 0.2) is 0 Å². The van der Waals surface area contributed by atoms with Crippen molar-refractivity contribution in [3.63, 3.8) is 0 Å².